The number of aliphatic hydroxyl groups excluding tert-OH is 2. The Kier molecular flexibility index (Phi) is 3.76. The van der Waals surface area contributed by atoms with Crippen LogP contribution >= 0.6 is 0 Å². The lowest BCUT2D eigenvalue weighted by Gasteiger charge is -2.35. The third-order valence-electron chi connectivity index (χ3n) is 3.75. The van der Waals surface area contributed by atoms with Crippen molar-refractivity contribution >= 4 is 10.0 Å². The first-order valence-electron chi connectivity index (χ1n) is 6.61. The molecule has 0 unspecified atom stereocenters. The molecule has 0 saturated carbocycles. The quantitative estimate of drug-likeness (QED) is 0.669. The predicted molar refractivity (Wildman–Crippen MR) is 71.9 cm³/mol. The Labute approximate surface area is 122 Å². The molecule has 5 atom stereocenters. The van der Waals surface area contributed by atoms with Crippen LogP contribution in [0.4, 0.5) is 0 Å². The van der Waals surface area contributed by atoms with Crippen molar-refractivity contribution in [1.82, 2.24) is 4.72 Å². The molecule has 0 spiro atoms. The Balaban J connectivity index is 1.83. The van der Waals surface area contributed by atoms with Crippen LogP contribution in [0.5, 0.6) is 0 Å². The maximum absolute atomic E-state index is 12.3. The van der Waals surface area contributed by atoms with Gasteiger partial charge in [0.25, 0.3) is 0 Å². The maximum Gasteiger partial charge on any atom is 0.241 e. The van der Waals surface area contributed by atoms with Gasteiger partial charge in [0.05, 0.1) is 11.5 Å². The summed E-state index contributed by atoms with van der Waals surface area (Å²) in [4.78, 5) is 0.0786. The molecule has 8 heteroatoms. The van der Waals surface area contributed by atoms with Crippen molar-refractivity contribution in [2.75, 3.05) is 6.61 Å². The normalized spacial score (nSPS) is 35.9. The van der Waals surface area contributed by atoms with Crippen LogP contribution in [-0.4, -0.2) is 55.9 Å². The van der Waals surface area contributed by atoms with Crippen LogP contribution in [0, 0.1) is 6.92 Å². The Morgan fingerprint density at radius 3 is 2.52 bits per heavy atom. The van der Waals surface area contributed by atoms with Gasteiger partial charge in [0.1, 0.15) is 24.4 Å². The molecular weight excluding hydrogens is 298 g/mol. The molecule has 0 radical (unpaired) electrons. The van der Waals surface area contributed by atoms with Crippen molar-refractivity contribution in [3.63, 3.8) is 0 Å². The van der Waals surface area contributed by atoms with E-state index in [1.165, 1.54) is 12.1 Å². The van der Waals surface area contributed by atoms with Crippen LogP contribution in [0.25, 0.3) is 0 Å². The molecule has 0 aliphatic carbocycles. The van der Waals surface area contributed by atoms with E-state index in [2.05, 4.69) is 4.72 Å². The van der Waals surface area contributed by atoms with E-state index >= 15 is 0 Å². The summed E-state index contributed by atoms with van der Waals surface area (Å²) in [5, 5.41) is 19.9. The van der Waals surface area contributed by atoms with Gasteiger partial charge in [-0.05, 0) is 19.1 Å². The summed E-state index contributed by atoms with van der Waals surface area (Å²) < 4.78 is 37.6. The van der Waals surface area contributed by atoms with E-state index in [1.807, 2.05) is 6.92 Å². The van der Waals surface area contributed by atoms with Crippen LogP contribution in [0.2, 0.25) is 0 Å². The van der Waals surface area contributed by atoms with Gasteiger partial charge in [0.15, 0.2) is 6.29 Å². The number of nitrogens with one attached hydrogen (secondary N) is 1. The minimum absolute atomic E-state index is 0.0786. The first-order valence-corrected chi connectivity index (χ1v) is 8.09. The smallest absolute Gasteiger partial charge is 0.241 e. The molecule has 21 heavy (non-hydrogen) atoms. The van der Waals surface area contributed by atoms with E-state index in [0.717, 1.165) is 5.56 Å². The Hall–Kier alpha value is -1.03. The number of sulfonamides is 1. The molecule has 0 amide bonds. The molecule has 2 saturated heterocycles. The third kappa shape index (κ3) is 2.70. The second kappa shape index (κ2) is 5.31. The van der Waals surface area contributed by atoms with Crippen molar-refractivity contribution in [2.24, 2.45) is 0 Å². The molecule has 116 valence electrons. The van der Waals surface area contributed by atoms with Crippen molar-refractivity contribution in [3.05, 3.63) is 29.8 Å². The minimum atomic E-state index is -3.84. The summed E-state index contributed by atoms with van der Waals surface area (Å²) >= 11 is 0. The van der Waals surface area contributed by atoms with Crippen molar-refractivity contribution in [3.8, 4) is 0 Å². The van der Waals surface area contributed by atoms with Crippen LogP contribution in [0.1, 0.15) is 5.56 Å². The fourth-order valence-electron chi connectivity index (χ4n) is 2.49. The lowest BCUT2D eigenvalue weighted by molar-refractivity contribution is -0.181. The average Bonchev–Trinajstić information content (AvgIpc) is 2.89. The third-order valence-corrected chi connectivity index (χ3v) is 5.22. The molecule has 1 aromatic carbocycles. The lowest BCUT2D eigenvalue weighted by atomic mass is 10.00. The molecule has 2 bridgehead atoms. The summed E-state index contributed by atoms with van der Waals surface area (Å²) in [6, 6.07) is 5.26. The molecule has 7 nitrogen and oxygen atoms in total. The monoisotopic (exact) mass is 315 g/mol. The van der Waals surface area contributed by atoms with Gasteiger partial charge in [-0.2, -0.15) is 0 Å². The van der Waals surface area contributed by atoms with E-state index in [9.17, 15) is 18.6 Å². The largest absolute Gasteiger partial charge is 0.388 e. The number of rotatable bonds is 3. The Morgan fingerprint density at radius 1 is 1.19 bits per heavy atom. The average molecular weight is 315 g/mol. The maximum atomic E-state index is 12.3. The van der Waals surface area contributed by atoms with Gasteiger partial charge in [-0.25, -0.2) is 13.1 Å². The zero-order valence-electron chi connectivity index (χ0n) is 11.3. The van der Waals surface area contributed by atoms with E-state index in [0.29, 0.717) is 0 Å². The molecule has 2 aliphatic heterocycles. The molecule has 3 N–H and O–H groups in total. The van der Waals surface area contributed by atoms with Crippen LogP contribution in [-0.2, 0) is 19.5 Å². The first kappa shape index (κ1) is 14.9. The molecule has 2 heterocycles. The summed E-state index contributed by atoms with van der Waals surface area (Å²) in [5.74, 6) is 0. The van der Waals surface area contributed by atoms with E-state index in [-0.39, 0.29) is 11.5 Å². The van der Waals surface area contributed by atoms with E-state index < -0.39 is 40.7 Å². The molecular formula is C13H17NO6S. The Morgan fingerprint density at radius 2 is 1.86 bits per heavy atom. The van der Waals surface area contributed by atoms with Gasteiger partial charge >= 0.3 is 0 Å². The molecule has 0 aromatic heterocycles. The van der Waals surface area contributed by atoms with Crippen molar-refractivity contribution in [1.29, 1.82) is 0 Å². The highest BCUT2D eigenvalue weighted by molar-refractivity contribution is 7.89. The second-order valence-corrected chi connectivity index (χ2v) is 7.03. The number of benzene rings is 1. The van der Waals surface area contributed by atoms with Crippen molar-refractivity contribution in [2.45, 2.75) is 42.5 Å². The number of fused-ring (bicyclic) bond motifs is 2. The predicted octanol–water partition coefficient (Wildman–Crippen LogP) is -0.881. The van der Waals surface area contributed by atoms with Crippen LogP contribution < -0.4 is 4.72 Å². The second-order valence-electron chi connectivity index (χ2n) is 5.32. The molecule has 2 aliphatic rings. The fourth-order valence-corrected chi connectivity index (χ4v) is 3.73. The van der Waals surface area contributed by atoms with E-state index in [1.54, 1.807) is 12.1 Å². The summed E-state index contributed by atoms with van der Waals surface area (Å²) in [5.41, 5.74) is 0.937. The number of ether oxygens (including phenoxy) is 2. The number of hydrogen-bond donors (Lipinski definition) is 3. The Bertz CT molecular complexity index is 616. The molecule has 1 aromatic rings. The van der Waals surface area contributed by atoms with Gasteiger partial charge in [-0.1, -0.05) is 17.7 Å². The molecule has 3 rings (SSSR count). The highest BCUT2D eigenvalue weighted by atomic mass is 32.2. The standard InChI is InChI=1S/C13H17NO6S/c1-7-2-4-8(5-3-7)21(17,18)14-10-12(16)11(15)9-6-19-13(10)20-9/h2-5,9-16H,6H2,1H3/t9-,10-,11+,12-,13-/m1/s1. The van der Waals surface area contributed by atoms with Crippen LogP contribution in [0.15, 0.2) is 29.2 Å². The van der Waals surface area contributed by atoms with Gasteiger partial charge in [-0.15, -0.1) is 0 Å². The number of aryl methyl sites for hydroxylation is 1. The topological polar surface area (TPSA) is 105 Å². The SMILES string of the molecule is Cc1ccc(S(=O)(=O)N[C@H]2[C@@H]3OC[C@@H](O3)[C@H](O)[C@@H]2O)cc1. The fraction of sp³-hybridized carbons (Fsp3) is 0.538. The summed E-state index contributed by atoms with van der Waals surface area (Å²) in [7, 11) is -3.84. The number of hydrogen-bond acceptors (Lipinski definition) is 6. The van der Waals surface area contributed by atoms with Gasteiger partial charge in [0.2, 0.25) is 10.0 Å². The first-order chi connectivity index (χ1) is 9.88. The van der Waals surface area contributed by atoms with Gasteiger partial charge in [0, 0.05) is 0 Å². The minimum Gasteiger partial charge on any atom is -0.388 e. The van der Waals surface area contributed by atoms with Crippen molar-refractivity contribution < 1.29 is 28.1 Å². The zero-order chi connectivity index (χ0) is 15.2. The number of aliphatic hydroxyl groups is 2. The van der Waals surface area contributed by atoms with E-state index in [4.69, 9.17) is 9.47 Å². The van der Waals surface area contributed by atoms with Crippen LogP contribution in [0.3, 0.4) is 0 Å². The summed E-state index contributed by atoms with van der Waals surface area (Å²) in [6.07, 6.45) is -3.98. The summed E-state index contributed by atoms with van der Waals surface area (Å²) in [6.45, 7) is 1.98. The highest BCUT2D eigenvalue weighted by Gasteiger charge is 2.50. The zero-order valence-corrected chi connectivity index (χ0v) is 12.2. The van der Waals surface area contributed by atoms with Gasteiger partial charge < -0.3 is 19.7 Å². The van der Waals surface area contributed by atoms with Gasteiger partial charge in [-0.3, -0.25) is 0 Å². The molecule has 2 fully saturated rings. The highest BCUT2D eigenvalue weighted by Crippen LogP contribution is 2.29. The lowest BCUT2D eigenvalue weighted by Crippen LogP contribution is -2.60.